The minimum Gasteiger partial charge on any atom is -0.360 e. The number of halogens is 3. The summed E-state index contributed by atoms with van der Waals surface area (Å²) < 4.78 is 40.2. The minimum atomic E-state index is -4.45. The molecule has 0 bridgehead atoms. The van der Waals surface area contributed by atoms with Crippen LogP contribution in [0.5, 0.6) is 0 Å². The van der Waals surface area contributed by atoms with Gasteiger partial charge in [0.15, 0.2) is 0 Å². The molecule has 0 aromatic carbocycles. The first-order chi connectivity index (χ1) is 8.95. The fourth-order valence-electron chi connectivity index (χ4n) is 2.14. The van der Waals surface area contributed by atoms with Crippen molar-refractivity contribution in [3.63, 3.8) is 0 Å². The normalized spacial score (nSPS) is 18.7. The van der Waals surface area contributed by atoms with Crippen molar-refractivity contribution in [2.45, 2.75) is 25.4 Å². The molecule has 1 fully saturated rings. The summed E-state index contributed by atoms with van der Waals surface area (Å²) in [6.07, 6.45) is -1.18. The van der Waals surface area contributed by atoms with E-state index in [0.717, 1.165) is 43.9 Å². The molecule has 0 unspecified atom stereocenters. The predicted molar refractivity (Wildman–Crippen MR) is 68.2 cm³/mol. The number of rotatable bonds is 4. The number of aromatic nitrogens is 2. The van der Waals surface area contributed by atoms with Gasteiger partial charge in [0.05, 0.1) is 0 Å². The Morgan fingerprint density at radius 1 is 1.37 bits per heavy atom. The van der Waals surface area contributed by atoms with E-state index < -0.39 is 12.0 Å². The second kappa shape index (κ2) is 6.04. The summed E-state index contributed by atoms with van der Waals surface area (Å²) in [5.74, 6) is -0.405. The van der Waals surface area contributed by atoms with Crippen molar-refractivity contribution < 1.29 is 13.2 Å². The molecule has 1 aromatic rings. The lowest BCUT2D eigenvalue weighted by atomic mass is 9.94. The van der Waals surface area contributed by atoms with Crippen LogP contribution in [0, 0.1) is 5.92 Å². The van der Waals surface area contributed by atoms with Gasteiger partial charge in [0.2, 0.25) is 11.0 Å². The summed E-state index contributed by atoms with van der Waals surface area (Å²) >= 11 is 0.763. The molecule has 1 N–H and O–H groups in total. The van der Waals surface area contributed by atoms with Crippen LogP contribution in [0.1, 0.15) is 25.1 Å². The highest BCUT2D eigenvalue weighted by molar-refractivity contribution is 7.09. The maximum absolute atomic E-state index is 12.3. The lowest BCUT2D eigenvalue weighted by Crippen LogP contribution is -2.30. The van der Waals surface area contributed by atoms with Crippen LogP contribution in [-0.2, 0) is 6.18 Å². The summed E-state index contributed by atoms with van der Waals surface area (Å²) in [5, 5.41) is 3.18. The third-order valence-corrected chi connectivity index (χ3v) is 4.02. The first-order valence-electron chi connectivity index (χ1n) is 6.28. The van der Waals surface area contributed by atoms with E-state index in [1.165, 1.54) is 0 Å². The molecule has 0 radical (unpaired) electrons. The fourth-order valence-corrected chi connectivity index (χ4v) is 2.76. The fraction of sp³-hybridized carbons (Fsp3) is 0.818. The van der Waals surface area contributed by atoms with E-state index in [0.29, 0.717) is 12.5 Å². The predicted octanol–water partition coefficient (Wildman–Crippen LogP) is 2.70. The lowest BCUT2D eigenvalue weighted by Gasteiger charge is -2.28. The number of hydrogen-bond acceptors (Lipinski definition) is 5. The monoisotopic (exact) mass is 294 g/mol. The van der Waals surface area contributed by atoms with Crippen molar-refractivity contribution in [1.82, 2.24) is 14.3 Å². The largest absolute Gasteiger partial charge is 0.452 e. The average molecular weight is 294 g/mol. The van der Waals surface area contributed by atoms with E-state index in [-0.39, 0.29) is 5.13 Å². The highest BCUT2D eigenvalue weighted by atomic mass is 32.1. The highest BCUT2D eigenvalue weighted by Crippen LogP contribution is 2.29. The Kier molecular flexibility index (Phi) is 4.62. The number of piperidine rings is 1. The van der Waals surface area contributed by atoms with Crippen LogP contribution in [0.4, 0.5) is 18.3 Å². The molecular formula is C11H17F3N4S. The van der Waals surface area contributed by atoms with Crippen molar-refractivity contribution in [2.24, 2.45) is 5.92 Å². The molecule has 1 saturated heterocycles. The van der Waals surface area contributed by atoms with Crippen LogP contribution in [-0.4, -0.2) is 40.9 Å². The van der Waals surface area contributed by atoms with Gasteiger partial charge in [-0.1, -0.05) is 0 Å². The van der Waals surface area contributed by atoms with Gasteiger partial charge >= 0.3 is 6.18 Å². The molecule has 1 aliphatic heterocycles. The van der Waals surface area contributed by atoms with Gasteiger partial charge in [0.1, 0.15) is 0 Å². The molecule has 0 saturated carbocycles. The molecule has 2 heterocycles. The van der Waals surface area contributed by atoms with Crippen LogP contribution >= 0.6 is 11.5 Å². The Balaban J connectivity index is 1.72. The molecule has 19 heavy (non-hydrogen) atoms. The smallest absolute Gasteiger partial charge is 0.360 e. The zero-order valence-corrected chi connectivity index (χ0v) is 11.5. The van der Waals surface area contributed by atoms with E-state index in [1.807, 2.05) is 0 Å². The van der Waals surface area contributed by atoms with Crippen molar-refractivity contribution in [3.8, 4) is 0 Å². The van der Waals surface area contributed by atoms with Crippen LogP contribution in [0.2, 0.25) is 0 Å². The van der Waals surface area contributed by atoms with Crippen molar-refractivity contribution in [2.75, 3.05) is 32.0 Å². The second-order valence-electron chi connectivity index (χ2n) is 4.88. The van der Waals surface area contributed by atoms with Gasteiger partial charge in [-0.15, -0.1) is 0 Å². The molecule has 4 nitrogen and oxygen atoms in total. The van der Waals surface area contributed by atoms with Gasteiger partial charge in [-0.3, -0.25) is 0 Å². The average Bonchev–Trinajstić information content (AvgIpc) is 2.80. The van der Waals surface area contributed by atoms with Crippen LogP contribution < -0.4 is 5.32 Å². The van der Waals surface area contributed by atoms with Crippen LogP contribution in [0.25, 0.3) is 0 Å². The number of nitrogens with zero attached hydrogens (tertiary/aromatic N) is 3. The Labute approximate surface area is 114 Å². The van der Waals surface area contributed by atoms with E-state index in [9.17, 15) is 13.2 Å². The van der Waals surface area contributed by atoms with Gasteiger partial charge in [-0.05, 0) is 45.3 Å². The Morgan fingerprint density at radius 2 is 2.05 bits per heavy atom. The maximum Gasteiger partial charge on any atom is 0.452 e. The van der Waals surface area contributed by atoms with E-state index >= 15 is 0 Å². The van der Waals surface area contributed by atoms with E-state index in [2.05, 4.69) is 26.6 Å². The highest BCUT2D eigenvalue weighted by Gasteiger charge is 2.36. The molecule has 108 valence electrons. The number of hydrogen-bond donors (Lipinski definition) is 1. The van der Waals surface area contributed by atoms with Crippen molar-refractivity contribution in [3.05, 3.63) is 5.82 Å². The maximum atomic E-state index is 12.3. The van der Waals surface area contributed by atoms with Gasteiger partial charge in [-0.2, -0.15) is 22.5 Å². The zero-order chi connectivity index (χ0) is 13.9. The van der Waals surface area contributed by atoms with Crippen molar-refractivity contribution >= 4 is 16.7 Å². The summed E-state index contributed by atoms with van der Waals surface area (Å²) in [4.78, 5) is 5.74. The molecule has 1 aromatic heterocycles. The number of likely N-dealkylation sites (tertiary alicyclic amines) is 1. The quantitative estimate of drug-likeness (QED) is 0.927. The molecule has 2 rings (SSSR count). The van der Waals surface area contributed by atoms with E-state index in [1.54, 1.807) is 0 Å². The SMILES string of the molecule is CN1CCC(CCNc2nc(C(F)(F)F)ns2)CC1. The Hall–Kier alpha value is -0.890. The number of alkyl halides is 3. The molecule has 1 aliphatic rings. The van der Waals surface area contributed by atoms with Crippen LogP contribution in [0.15, 0.2) is 0 Å². The Bertz CT molecular complexity index is 399. The first-order valence-corrected chi connectivity index (χ1v) is 7.06. The van der Waals surface area contributed by atoms with E-state index in [4.69, 9.17) is 0 Å². The number of anilines is 1. The lowest BCUT2D eigenvalue weighted by molar-refractivity contribution is -0.144. The van der Waals surface area contributed by atoms with Crippen molar-refractivity contribution in [1.29, 1.82) is 0 Å². The Morgan fingerprint density at radius 3 is 2.63 bits per heavy atom. The third-order valence-electron chi connectivity index (χ3n) is 3.35. The summed E-state index contributed by atoms with van der Waals surface area (Å²) in [5.41, 5.74) is 0. The molecular weight excluding hydrogens is 277 g/mol. The number of nitrogens with one attached hydrogen (secondary N) is 1. The second-order valence-corrected chi connectivity index (χ2v) is 5.63. The summed E-state index contributed by atoms with van der Waals surface area (Å²) in [6, 6.07) is 0. The molecule has 0 spiro atoms. The third kappa shape index (κ3) is 4.31. The topological polar surface area (TPSA) is 41.0 Å². The van der Waals surface area contributed by atoms with Crippen LogP contribution in [0.3, 0.4) is 0 Å². The molecule has 0 atom stereocenters. The summed E-state index contributed by atoms with van der Waals surface area (Å²) in [6.45, 7) is 2.85. The molecule has 8 heteroatoms. The zero-order valence-electron chi connectivity index (χ0n) is 10.7. The first kappa shape index (κ1) is 14.5. The van der Waals surface area contributed by atoms with Gasteiger partial charge in [0, 0.05) is 18.1 Å². The summed E-state index contributed by atoms with van der Waals surface area (Å²) in [7, 11) is 2.11. The standard InChI is InChI=1S/C11H17F3N4S/c1-18-6-3-8(4-7-18)2-5-15-10-16-9(17-19-10)11(12,13)14/h8H,2-7H2,1H3,(H,15,16,17). The molecule has 0 amide bonds. The van der Waals surface area contributed by atoms with Gasteiger partial charge < -0.3 is 10.2 Å². The molecule has 0 aliphatic carbocycles. The van der Waals surface area contributed by atoms with Gasteiger partial charge in [0.25, 0.3) is 0 Å². The van der Waals surface area contributed by atoms with Gasteiger partial charge in [-0.25, -0.2) is 0 Å². The minimum absolute atomic E-state index is 0.250.